The van der Waals surface area contributed by atoms with Crippen LogP contribution >= 0.6 is 0 Å². The third-order valence-electron chi connectivity index (χ3n) is 4.93. The van der Waals surface area contributed by atoms with E-state index in [0.717, 1.165) is 24.3 Å². The Morgan fingerprint density at radius 3 is 2.29 bits per heavy atom. The van der Waals surface area contributed by atoms with E-state index >= 15 is 0 Å². The SMILES string of the molecule is CC(C)(C)NC(=O)c1cccc(NC(=O)CNc2ccc(OCCCc3ccccc3)cc2)c1. The van der Waals surface area contributed by atoms with Gasteiger partial charge in [0, 0.05) is 22.5 Å². The second kappa shape index (κ2) is 11.9. The summed E-state index contributed by atoms with van der Waals surface area (Å²) in [6, 6.07) is 24.8. The van der Waals surface area contributed by atoms with Gasteiger partial charge in [0.15, 0.2) is 0 Å². The van der Waals surface area contributed by atoms with Crippen LogP contribution < -0.4 is 20.7 Å². The van der Waals surface area contributed by atoms with Gasteiger partial charge in [-0.2, -0.15) is 0 Å². The fraction of sp³-hybridized carbons (Fsp3) is 0.286. The first-order valence-corrected chi connectivity index (χ1v) is 11.5. The Bertz CT molecular complexity index is 1070. The minimum atomic E-state index is -0.330. The molecule has 6 nitrogen and oxygen atoms in total. The average Bonchev–Trinajstić information content (AvgIpc) is 2.81. The van der Waals surface area contributed by atoms with Crippen molar-refractivity contribution in [3.05, 3.63) is 90.0 Å². The van der Waals surface area contributed by atoms with E-state index in [1.807, 2.05) is 63.2 Å². The molecule has 0 saturated carbocycles. The van der Waals surface area contributed by atoms with Crippen molar-refractivity contribution < 1.29 is 14.3 Å². The summed E-state index contributed by atoms with van der Waals surface area (Å²) in [6.07, 6.45) is 1.93. The van der Waals surface area contributed by atoms with Crippen molar-refractivity contribution >= 4 is 23.2 Å². The van der Waals surface area contributed by atoms with Gasteiger partial charge in [0.05, 0.1) is 13.2 Å². The highest BCUT2D eigenvalue weighted by molar-refractivity contribution is 5.98. The number of nitrogens with one attached hydrogen (secondary N) is 3. The third kappa shape index (κ3) is 8.62. The molecule has 34 heavy (non-hydrogen) atoms. The second-order valence-corrected chi connectivity index (χ2v) is 9.15. The van der Waals surface area contributed by atoms with Crippen LogP contribution in [0.1, 0.15) is 43.1 Å². The molecule has 0 atom stereocenters. The predicted molar refractivity (Wildman–Crippen MR) is 137 cm³/mol. The van der Waals surface area contributed by atoms with Gasteiger partial charge in [0.2, 0.25) is 5.91 Å². The standard InChI is InChI=1S/C28H33N3O3/c1-28(2,3)31-27(33)22-12-7-13-24(19-22)30-26(32)20-29-23-14-16-25(17-15-23)34-18-8-11-21-9-5-4-6-10-21/h4-7,9-10,12-17,19,29H,8,11,18,20H2,1-3H3,(H,30,32)(H,31,33). The Hall–Kier alpha value is -3.80. The van der Waals surface area contributed by atoms with Crippen molar-refractivity contribution in [1.29, 1.82) is 0 Å². The van der Waals surface area contributed by atoms with Gasteiger partial charge in [0.1, 0.15) is 5.75 Å². The van der Waals surface area contributed by atoms with Crippen molar-refractivity contribution in [3.63, 3.8) is 0 Å². The van der Waals surface area contributed by atoms with Crippen molar-refractivity contribution in [1.82, 2.24) is 5.32 Å². The molecule has 0 aliphatic heterocycles. The molecule has 0 spiro atoms. The summed E-state index contributed by atoms with van der Waals surface area (Å²) in [5.41, 5.74) is 2.88. The number of hydrogen-bond acceptors (Lipinski definition) is 4. The molecular weight excluding hydrogens is 426 g/mol. The number of carbonyl (C=O) groups excluding carboxylic acids is 2. The highest BCUT2D eigenvalue weighted by Crippen LogP contribution is 2.17. The van der Waals surface area contributed by atoms with Gasteiger partial charge < -0.3 is 20.7 Å². The fourth-order valence-electron chi connectivity index (χ4n) is 3.32. The van der Waals surface area contributed by atoms with Crippen LogP contribution in [0.4, 0.5) is 11.4 Å². The number of ether oxygens (including phenoxy) is 1. The lowest BCUT2D eigenvalue weighted by atomic mass is 10.1. The Balaban J connectivity index is 1.41. The second-order valence-electron chi connectivity index (χ2n) is 9.15. The molecule has 3 aromatic carbocycles. The van der Waals surface area contributed by atoms with Gasteiger partial charge in [-0.15, -0.1) is 0 Å². The van der Waals surface area contributed by atoms with Crippen LogP contribution in [0.5, 0.6) is 5.75 Å². The Labute approximate surface area is 201 Å². The summed E-state index contributed by atoms with van der Waals surface area (Å²) >= 11 is 0. The summed E-state index contributed by atoms with van der Waals surface area (Å²) in [5.74, 6) is 0.423. The minimum Gasteiger partial charge on any atom is -0.494 e. The van der Waals surface area contributed by atoms with Gasteiger partial charge in [0.25, 0.3) is 5.91 Å². The van der Waals surface area contributed by atoms with Crippen LogP contribution in [0, 0.1) is 0 Å². The number of rotatable bonds is 10. The highest BCUT2D eigenvalue weighted by atomic mass is 16.5. The molecule has 3 aromatic rings. The first-order valence-electron chi connectivity index (χ1n) is 11.5. The molecule has 0 bridgehead atoms. The van der Waals surface area contributed by atoms with Gasteiger partial charge in [-0.05, 0) is 81.6 Å². The van der Waals surface area contributed by atoms with E-state index in [1.165, 1.54) is 5.56 Å². The maximum atomic E-state index is 12.4. The molecule has 3 rings (SSSR count). The van der Waals surface area contributed by atoms with E-state index in [2.05, 4.69) is 28.1 Å². The molecule has 3 N–H and O–H groups in total. The molecule has 0 heterocycles. The van der Waals surface area contributed by atoms with Gasteiger partial charge in [-0.3, -0.25) is 9.59 Å². The number of carbonyl (C=O) groups is 2. The maximum Gasteiger partial charge on any atom is 0.251 e. The first kappa shape index (κ1) is 24.8. The summed E-state index contributed by atoms with van der Waals surface area (Å²) in [6.45, 7) is 6.53. The zero-order valence-electron chi connectivity index (χ0n) is 20.1. The molecule has 2 amide bonds. The third-order valence-corrected chi connectivity index (χ3v) is 4.93. The van der Waals surface area contributed by atoms with Crippen LogP contribution in [-0.2, 0) is 11.2 Å². The predicted octanol–water partition coefficient (Wildman–Crippen LogP) is 5.28. The molecule has 0 aliphatic carbocycles. The summed E-state index contributed by atoms with van der Waals surface area (Å²) < 4.78 is 5.81. The van der Waals surface area contributed by atoms with Gasteiger partial charge >= 0.3 is 0 Å². The number of amides is 2. The molecule has 178 valence electrons. The minimum absolute atomic E-state index is 0.107. The van der Waals surface area contributed by atoms with E-state index in [9.17, 15) is 9.59 Å². The molecule has 6 heteroatoms. The van der Waals surface area contributed by atoms with E-state index in [1.54, 1.807) is 24.3 Å². The van der Waals surface area contributed by atoms with Crippen molar-refractivity contribution in [2.24, 2.45) is 0 Å². The molecule has 0 aliphatic rings. The smallest absolute Gasteiger partial charge is 0.251 e. The number of anilines is 2. The first-order chi connectivity index (χ1) is 16.3. The monoisotopic (exact) mass is 459 g/mol. The zero-order valence-corrected chi connectivity index (χ0v) is 20.1. The summed E-state index contributed by atoms with van der Waals surface area (Å²) in [4.78, 5) is 24.7. The van der Waals surface area contributed by atoms with Crippen LogP contribution in [0.25, 0.3) is 0 Å². The molecular formula is C28H33N3O3. The molecule has 0 unspecified atom stereocenters. The Morgan fingerprint density at radius 1 is 0.853 bits per heavy atom. The fourth-order valence-corrected chi connectivity index (χ4v) is 3.32. The summed E-state index contributed by atoms with van der Waals surface area (Å²) in [7, 11) is 0. The highest BCUT2D eigenvalue weighted by Gasteiger charge is 2.15. The van der Waals surface area contributed by atoms with Crippen molar-refractivity contribution in [2.75, 3.05) is 23.8 Å². The molecule has 0 aromatic heterocycles. The van der Waals surface area contributed by atoms with E-state index < -0.39 is 0 Å². The summed E-state index contributed by atoms with van der Waals surface area (Å²) in [5, 5.41) is 8.84. The Morgan fingerprint density at radius 2 is 1.59 bits per heavy atom. The number of benzene rings is 3. The average molecular weight is 460 g/mol. The largest absolute Gasteiger partial charge is 0.494 e. The van der Waals surface area contributed by atoms with E-state index in [0.29, 0.717) is 17.9 Å². The maximum absolute atomic E-state index is 12.4. The number of hydrogen-bond donors (Lipinski definition) is 3. The van der Waals surface area contributed by atoms with Crippen LogP contribution in [0.3, 0.4) is 0 Å². The topological polar surface area (TPSA) is 79.5 Å². The van der Waals surface area contributed by atoms with Crippen molar-refractivity contribution in [3.8, 4) is 5.75 Å². The van der Waals surface area contributed by atoms with Crippen LogP contribution in [0.2, 0.25) is 0 Å². The molecule has 0 saturated heterocycles. The van der Waals surface area contributed by atoms with Gasteiger partial charge in [-0.25, -0.2) is 0 Å². The van der Waals surface area contributed by atoms with Gasteiger partial charge in [-0.1, -0.05) is 36.4 Å². The normalized spacial score (nSPS) is 10.9. The lowest BCUT2D eigenvalue weighted by Crippen LogP contribution is -2.40. The number of aryl methyl sites for hydroxylation is 1. The molecule has 0 fully saturated rings. The van der Waals surface area contributed by atoms with Crippen LogP contribution in [-0.4, -0.2) is 30.5 Å². The van der Waals surface area contributed by atoms with Crippen LogP contribution in [0.15, 0.2) is 78.9 Å². The molecule has 0 radical (unpaired) electrons. The lowest BCUT2D eigenvalue weighted by Gasteiger charge is -2.20. The van der Waals surface area contributed by atoms with E-state index in [4.69, 9.17) is 4.74 Å². The lowest BCUT2D eigenvalue weighted by molar-refractivity contribution is -0.114. The Kier molecular flexibility index (Phi) is 8.68. The van der Waals surface area contributed by atoms with Crippen molar-refractivity contribution in [2.45, 2.75) is 39.2 Å². The zero-order chi connectivity index (χ0) is 24.4. The van der Waals surface area contributed by atoms with E-state index in [-0.39, 0.29) is 23.9 Å². The quantitative estimate of drug-likeness (QED) is 0.361.